The summed E-state index contributed by atoms with van der Waals surface area (Å²) in [5.41, 5.74) is 3.72. The number of benzene rings is 2. The molecule has 0 radical (unpaired) electrons. The van der Waals surface area contributed by atoms with E-state index < -0.39 is 17.1 Å². The van der Waals surface area contributed by atoms with Crippen molar-refractivity contribution in [1.82, 2.24) is 9.47 Å². The van der Waals surface area contributed by atoms with Gasteiger partial charge in [-0.25, -0.2) is 0 Å². The SMILES string of the molecule is COc1ccc(NC(=O)CN2C(=O)S/C(=C/c3cc(C)n(-c4cc(Cl)ccc4Cl)c3C)C2=O)cc1. The molecule has 3 aromatic rings. The van der Waals surface area contributed by atoms with Gasteiger partial charge < -0.3 is 14.6 Å². The number of hydrogen-bond donors (Lipinski definition) is 1. The molecule has 1 aliphatic rings. The lowest BCUT2D eigenvalue weighted by molar-refractivity contribution is -0.127. The minimum atomic E-state index is -0.518. The number of nitrogens with zero attached hydrogens (tertiary/aromatic N) is 2. The van der Waals surface area contributed by atoms with Crippen LogP contribution in [0.4, 0.5) is 10.5 Å². The van der Waals surface area contributed by atoms with E-state index in [1.165, 1.54) is 0 Å². The van der Waals surface area contributed by atoms with E-state index in [0.29, 0.717) is 21.5 Å². The molecule has 7 nitrogen and oxygen atoms in total. The number of amides is 3. The quantitative estimate of drug-likeness (QED) is 0.391. The Hall–Kier alpha value is -3.20. The molecule has 35 heavy (non-hydrogen) atoms. The van der Waals surface area contributed by atoms with E-state index in [1.54, 1.807) is 55.7 Å². The number of halogens is 2. The molecule has 1 aliphatic heterocycles. The van der Waals surface area contributed by atoms with Gasteiger partial charge in [0.25, 0.3) is 11.1 Å². The number of aromatic nitrogens is 1. The van der Waals surface area contributed by atoms with E-state index in [9.17, 15) is 14.4 Å². The number of thioether (sulfide) groups is 1. The second-order valence-electron chi connectivity index (χ2n) is 7.80. The average Bonchev–Trinajstić information content (AvgIpc) is 3.25. The van der Waals surface area contributed by atoms with Crippen LogP contribution in [0, 0.1) is 13.8 Å². The number of hydrogen-bond acceptors (Lipinski definition) is 5. The van der Waals surface area contributed by atoms with Crippen LogP contribution in [0.15, 0.2) is 53.4 Å². The maximum absolute atomic E-state index is 12.9. The molecule has 4 rings (SSSR count). The lowest BCUT2D eigenvalue weighted by atomic mass is 10.2. The van der Waals surface area contributed by atoms with Gasteiger partial charge in [0.2, 0.25) is 5.91 Å². The molecule has 2 heterocycles. The van der Waals surface area contributed by atoms with Crippen LogP contribution in [0.2, 0.25) is 10.0 Å². The second kappa shape index (κ2) is 10.2. The zero-order valence-electron chi connectivity index (χ0n) is 19.1. The smallest absolute Gasteiger partial charge is 0.294 e. The number of carbonyl (C=O) groups excluding carboxylic acids is 3. The van der Waals surface area contributed by atoms with Crippen molar-refractivity contribution < 1.29 is 19.1 Å². The van der Waals surface area contributed by atoms with Crippen molar-refractivity contribution in [2.24, 2.45) is 0 Å². The van der Waals surface area contributed by atoms with Crippen LogP contribution in [-0.4, -0.2) is 40.2 Å². The number of rotatable bonds is 6. The zero-order chi connectivity index (χ0) is 25.3. The first kappa shape index (κ1) is 24.9. The first-order chi connectivity index (χ1) is 16.7. The topological polar surface area (TPSA) is 80.6 Å². The number of carbonyl (C=O) groups is 3. The first-order valence-corrected chi connectivity index (χ1v) is 12.1. The molecular formula is C25H21Cl2N3O4S. The van der Waals surface area contributed by atoms with Crippen molar-refractivity contribution in [3.05, 3.63) is 80.4 Å². The maximum Gasteiger partial charge on any atom is 0.294 e. The summed E-state index contributed by atoms with van der Waals surface area (Å²) >= 11 is 13.3. The van der Waals surface area contributed by atoms with Gasteiger partial charge in [-0.05, 0) is 85.8 Å². The largest absolute Gasteiger partial charge is 0.497 e. The van der Waals surface area contributed by atoms with E-state index in [-0.39, 0.29) is 11.4 Å². The molecule has 0 unspecified atom stereocenters. The number of ether oxygens (including phenoxy) is 1. The van der Waals surface area contributed by atoms with Gasteiger partial charge in [0.05, 0.1) is 22.7 Å². The fourth-order valence-electron chi connectivity index (χ4n) is 3.76. The predicted molar refractivity (Wildman–Crippen MR) is 140 cm³/mol. The van der Waals surface area contributed by atoms with E-state index in [4.69, 9.17) is 27.9 Å². The van der Waals surface area contributed by atoms with E-state index in [1.807, 2.05) is 24.5 Å². The van der Waals surface area contributed by atoms with Crippen molar-refractivity contribution in [3.8, 4) is 11.4 Å². The molecule has 1 N–H and O–H groups in total. The molecule has 3 amide bonds. The Balaban J connectivity index is 1.53. The van der Waals surface area contributed by atoms with Crippen LogP contribution in [0.25, 0.3) is 11.8 Å². The van der Waals surface area contributed by atoms with Crippen LogP contribution >= 0.6 is 35.0 Å². The van der Waals surface area contributed by atoms with Crippen LogP contribution in [0.3, 0.4) is 0 Å². The van der Waals surface area contributed by atoms with Crippen LogP contribution in [0.1, 0.15) is 17.0 Å². The highest BCUT2D eigenvalue weighted by atomic mass is 35.5. The Morgan fingerprint density at radius 3 is 2.49 bits per heavy atom. The van der Waals surface area contributed by atoms with Crippen molar-refractivity contribution in [2.45, 2.75) is 13.8 Å². The fourth-order valence-corrected chi connectivity index (χ4v) is 4.96. The average molecular weight is 530 g/mol. The molecule has 0 aliphatic carbocycles. The standard InChI is InChI=1S/C25H21Cl2N3O4S/c1-14-10-16(15(2)30(14)21-12-17(26)4-9-20(21)27)11-22-24(32)29(25(33)35-22)13-23(31)28-18-5-7-19(34-3)8-6-18/h4-12H,13H2,1-3H3,(H,28,31)/b22-11+. The Kier molecular flexibility index (Phi) is 7.25. The summed E-state index contributed by atoms with van der Waals surface area (Å²) in [6.07, 6.45) is 1.66. The van der Waals surface area contributed by atoms with Gasteiger partial charge in [-0.15, -0.1) is 0 Å². The van der Waals surface area contributed by atoms with Gasteiger partial charge in [-0.2, -0.15) is 0 Å². The first-order valence-electron chi connectivity index (χ1n) is 10.5. The fraction of sp³-hybridized carbons (Fsp3) is 0.160. The molecule has 1 saturated heterocycles. The van der Waals surface area contributed by atoms with Gasteiger partial charge in [0.1, 0.15) is 12.3 Å². The van der Waals surface area contributed by atoms with Crippen LogP contribution < -0.4 is 10.1 Å². The van der Waals surface area contributed by atoms with Crippen molar-refractivity contribution in [1.29, 1.82) is 0 Å². The lowest BCUT2D eigenvalue weighted by Crippen LogP contribution is -2.36. The van der Waals surface area contributed by atoms with Crippen LogP contribution in [-0.2, 0) is 9.59 Å². The van der Waals surface area contributed by atoms with E-state index in [0.717, 1.165) is 39.3 Å². The summed E-state index contributed by atoms with van der Waals surface area (Å²) in [5.74, 6) is -0.348. The summed E-state index contributed by atoms with van der Waals surface area (Å²) < 4.78 is 7.03. The Morgan fingerprint density at radius 2 is 1.80 bits per heavy atom. The van der Waals surface area contributed by atoms with Gasteiger partial charge in [-0.1, -0.05) is 23.2 Å². The minimum absolute atomic E-state index is 0.240. The molecule has 0 atom stereocenters. The molecule has 2 aromatic carbocycles. The van der Waals surface area contributed by atoms with E-state index in [2.05, 4.69) is 5.32 Å². The van der Waals surface area contributed by atoms with Gasteiger partial charge in [0, 0.05) is 22.1 Å². The molecule has 180 valence electrons. The zero-order valence-corrected chi connectivity index (χ0v) is 21.4. The summed E-state index contributed by atoms with van der Waals surface area (Å²) in [4.78, 5) is 39.1. The number of nitrogens with one attached hydrogen (secondary N) is 1. The maximum atomic E-state index is 12.9. The number of methoxy groups -OCH3 is 1. The highest BCUT2D eigenvalue weighted by Crippen LogP contribution is 2.35. The van der Waals surface area contributed by atoms with Gasteiger partial charge in [-0.3, -0.25) is 19.3 Å². The third-order valence-electron chi connectivity index (χ3n) is 5.46. The minimum Gasteiger partial charge on any atom is -0.497 e. The van der Waals surface area contributed by atoms with Gasteiger partial charge in [0.15, 0.2) is 0 Å². The molecule has 10 heteroatoms. The van der Waals surface area contributed by atoms with Crippen LogP contribution in [0.5, 0.6) is 5.75 Å². The highest BCUT2D eigenvalue weighted by molar-refractivity contribution is 8.18. The Labute approximate surface area is 216 Å². The molecular weight excluding hydrogens is 509 g/mol. The van der Waals surface area contributed by atoms with Crippen molar-refractivity contribution in [3.63, 3.8) is 0 Å². The lowest BCUT2D eigenvalue weighted by Gasteiger charge is -2.13. The molecule has 1 fully saturated rings. The summed E-state index contributed by atoms with van der Waals surface area (Å²) in [6, 6.07) is 13.8. The Bertz CT molecular complexity index is 1370. The molecule has 1 aromatic heterocycles. The number of aryl methyl sites for hydroxylation is 1. The molecule has 0 saturated carbocycles. The second-order valence-corrected chi connectivity index (χ2v) is 9.64. The summed E-state index contributed by atoms with van der Waals surface area (Å²) in [7, 11) is 1.55. The van der Waals surface area contributed by atoms with Crippen molar-refractivity contribution >= 4 is 63.8 Å². The number of anilines is 1. The summed E-state index contributed by atoms with van der Waals surface area (Å²) in [6.45, 7) is 3.42. The summed E-state index contributed by atoms with van der Waals surface area (Å²) in [5, 5.41) is 3.26. The highest BCUT2D eigenvalue weighted by Gasteiger charge is 2.36. The molecule has 0 bridgehead atoms. The number of imide groups is 1. The third kappa shape index (κ3) is 5.24. The third-order valence-corrected chi connectivity index (χ3v) is 6.92. The molecule has 0 spiro atoms. The van der Waals surface area contributed by atoms with Crippen molar-refractivity contribution in [2.75, 3.05) is 19.0 Å². The van der Waals surface area contributed by atoms with Gasteiger partial charge >= 0.3 is 0 Å². The predicted octanol–water partition coefficient (Wildman–Crippen LogP) is 6.08. The normalized spacial score (nSPS) is 14.7. The Morgan fingerprint density at radius 1 is 1.09 bits per heavy atom. The van der Waals surface area contributed by atoms with E-state index >= 15 is 0 Å². The monoisotopic (exact) mass is 529 g/mol.